The minimum Gasteiger partial charge on any atom is -0.328 e. The van der Waals surface area contributed by atoms with Crippen LogP contribution in [0.2, 0.25) is 0 Å². The predicted molar refractivity (Wildman–Crippen MR) is 139 cm³/mol. The molecule has 192 valence electrons. The van der Waals surface area contributed by atoms with Crippen LogP contribution >= 0.6 is 11.8 Å². The first-order valence-electron chi connectivity index (χ1n) is 11.6. The van der Waals surface area contributed by atoms with Crippen molar-refractivity contribution in [2.75, 3.05) is 5.32 Å². The van der Waals surface area contributed by atoms with Gasteiger partial charge in [0, 0.05) is 17.1 Å². The van der Waals surface area contributed by atoms with E-state index in [0.717, 1.165) is 23.4 Å². The van der Waals surface area contributed by atoms with Crippen LogP contribution in [0.15, 0.2) is 78.0 Å². The average molecular weight is 526 g/mol. The molecule has 0 fully saturated rings. The number of hydrogen-bond donors (Lipinski definition) is 2. The van der Waals surface area contributed by atoms with Gasteiger partial charge in [-0.2, -0.15) is 13.2 Å². The molecule has 3 aromatic carbocycles. The Bertz CT molecular complexity index is 1370. The molecule has 1 aromatic heterocycles. The van der Waals surface area contributed by atoms with Crippen molar-refractivity contribution in [1.29, 1.82) is 0 Å². The van der Waals surface area contributed by atoms with Gasteiger partial charge in [-0.3, -0.25) is 4.57 Å². The van der Waals surface area contributed by atoms with Crippen molar-refractivity contribution in [1.82, 2.24) is 20.1 Å². The number of carbonyl (C=O) groups is 1. The van der Waals surface area contributed by atoms with Crippen LogP contribution in [0.5, 0.6) is 0 Å². The average Bonchev–Trinajstić information content (AvgIpc) is 3.28. The second-order valence-corrected chi connectivity index (χ2v) is 9.56. The van der Waals surface area contributed by atoms with Crippen molar-refractivity contribution in [2.24, 2.45) is 0 Å². The summed E-state index contributed by atoms with van der Waals surface area (Å²) in [6.07, 6.45) is -4.44. The lowest BCUT2D eigenvalue weighted by molar-refractivity contribution is -0.137. The first-order valence-corrected chi connectivity index (χ1v) is 12.5. The van der Waals surface area contributed by atoms with Gasteiger partial charge in [0.05, 0.1) is 11.6 Å². The first kappa shape index (κ1) is 26.3. The number of nitrogens with zero attached hydrogens (tertiary/aromatic N) is 3. The Labute approximate surface area is 217 Å². The fraction of sp³-hybridized carbons (Fsp3) is 0.222. The number of aryl methyl sites for hydroxylation is 2. The molecule has 4 rings (SSSR count). The summed E-state index contributed by atoms with van der Waals surface area (Å²) in [5.41, 5.74) is 3.80. The molecule has 0 unspecified atom stereocenters. The summed E-state index contributed by atoms with van der Waals surface area (Å²) in [5.74, 6) is 1.23. The normalized spacial score (nSPS) is 12.3. The highest BCUT2D eigenvalue weighted by Crippen LogP contribution is 2.30. The van der Waals surface area contributed by atoms with Crippen LogP contribution in [0.4, 0.5) is 23.7 Å². The van der Waals surface area contributed by atoms with E-state index in [1.54, 1.807) is 18.7 Å². The molecule has 37 heavy (non-hydrogen) atoms. The van der Waals surface area contributed by atoms with E-state index in [0.29, 0.717) is 16.7 Å². The number of urea groups is 1. The highest BCUT2D eigenvalue weighted by Gasteiger charge is 2.30. The van der Waals surface area contributed by atoms with E-state index in [4.69, 9.17) is 0 Å². The maximum Gasteiger partial charge on any atom is 0.416 e. The van der Waals surface area contributed by atoms with E-state index in [9.17, 15) is 18.0 Å². The number of carbonyl (C=O) groups excluding carboxylic acids is 1. The summed E-state index contributed by atoms with van der Waals surface area (Å²) < 4.78 is 40.3. The van der Waals surface area contributed by atoms with Crippen LogP contribution in [0.1, 0.15) is 41.0 Å². The minimum atomic E-state index is -4.44. The number of rotatable bonds is 7. The number of benzene rings is 3. The Kier molecular flexibility index (Phi) is 7.87. The van der Waals surface area contributed by atoms with Crippen LogP contribution in [-0.2, 0) is 11.9 Å². The van der Waals surface area contributed by atoms with Crippen molar-refractivity contribution in [3.63, 3.8) is 0 Å². The number of nitrogens with one attached hydrogen (secondary N) is 2. The fourth-order valence-electron chi connectivity index (χ4n) is 3.68. The molecule has 0 saturated heterocycles. The number of thioether (sulfide) groups is 1. The summed E-state index contributed by atoms with van der Waals surface area (Å²) >= 11 is 1.55. The van der Waals surface area contributed by atoms with Crippen LogP contribution < -0.4 is 10.6 Å². The lowest BCUT2D eigenvalue weighted by Gasteiger charge is -2.17. The van der Waals surface area contributed by atoms with Gasteiger partial charge >= 0.3 is 12.2 Å². The first-order chi connectivity index (χ1) is 17.6. The van der Waals surface area contributed by atoms with Gasteiger partial charge < -0.3 is 10.6 Å². The van der Waals surface area contributed by atoms with Gasteiger partial charge in [-0.05, 0) is 68.3 Å². The SMILES string of the molecule is Cc1ccc(-n2c(SCc3ccccc3C)nnc2[C@@H](C)NC(=O)Nc2ccc(C(F)(F)F)cc2)cc1. The van der Waals surface area contributed by atoms with Gasteiger partial charge in [0.1, 0.15) is 0 Å². The van der Waals surface area contributed by atoms with E-state index in [-0.39, 0.29) is 5.69 Å². The van der Waals surface area contributed by atoms with Gasteiger partial charge in [-0.1, -0.05) is 53.7 Å². The van der Waals surface area contributed by atoms with Crippen molar-refractivity contribution in [2.45, 2.75) is 43.9 Å². The predicted octanol–water partition coefficient (Wildman–Crippen LogP) is 7.08. The van der Waals surface area contributed by atoms with Gasteiger partial charge in [0.2, 0.25) is 0 Å². The van der Waals surface area contributed by atoms with Gasteiger partial charge in [0.15, 0.2) is 11.0 Å². The Hall–Kier alpha value is -3.79. The molecule has 0 spiro atoms. The van der Waals surface area contributed by atoms with Crippen LogP contribution in [0, 0.1) is 13.8 Å². The van der Waals surface area contributed by atoms with Crippen molar-refractivity contribution in [3.8, 4) is 5.69 Å². The van der Waals surface area contributed by atoms with Crippen LogP contribution in [0.25, 0.3) is 5.69 Å². The van der Waals surface area contributed by atoms with E-state index >= 15 is 0 Å². The van der Waals surface area contributed by atoms with Gasteiger partial charge in [0.25, 0.3) is 0 Å². The highest BCUT2D eigenvalue weighted by molar-refractivity contribution is 7.98. The zero-order chi connectivity index (χ0) is 26.6. The topological polar surface area (TPSA) is 71.8 Å². The molecule has 0 bridgehead atoms. The Morgan fingerprint density at radius 1 is 0.973 bits per heavy atom. The summed E-state index contributed by atoms with van der Waals surface area (Å²) in [5, 5.41) is 14.8. The molecule has 0 aliphatic rings. The second kappa shape index (κ2) is 11.1. The van der Waals surface area contributed by atoms with E-state index in [1.807, 2.05) is 47.9 Å². The smallest absolute Gasteiger partial charge is 0.328 e. The maximum atomic E-state index is 12.8. The van der Waals surface area contributed by atoms with Crippen molar-refractivity contribution < 1.29 is 18.0 Å². The number of hydrogen-bond acceptors (Lipinski definition) is 4. The largest absolute Gasteiger partial charge is 0.416 e. The summed E-state index contributed by atoms with van der Waals surface area (Å²) in [6.45, 7) is 5.84. The monoisotopic (exact) mass is 525 g/mol. The Balaban J connectivity index is 1.53. The molecule has 1 heterocycles. The molecule has 0 aliphatic heterocycles. The fourth-order valence-corrected chi connectivity index (χ4v) is 4.71. The minimum absolute atomic E-state index is 0.243. The molecule has 4 aromatic rings. The molecule has 6 nitrogen and oxygen atoms in total. The summed E-state index contributed by atoms with van der Waals surface area (Å²) in [4.78, 5) is 12.6. The molecule has 1 atom stereocenters. The zero-order valence-electron chi connectivity index (χ0n) is 20.5. The molecular formula is C27H26F3N5OS. The Morgan fingerprint density at radius 3 is 2.30 bits per heavy atom. The number of alkyl halides is 3. The third kappa shape index (κ3) is 6.51. The number of amides is 2. The van der Waals surface area contributed by atoms with Crippen LogP contribution in [0.3, 0.4) is 0 Å². The van der Waals surface area contributed by atoms with Gasteiger partial charge in [-0.25, -0.2) is 4.79 Å². The van der Waals surface area contributed by atoms with Crippen molar-refractivity contribution >= 4 is 23.5 Å². The molecular weight excluding hydrogens is 499 g/mol. The summed E-state index contributed by atoms with van der Waals surface area (Å²) in [7, 11) is 0. The third-order valence-corrected chi connectivity index (χ3v) is 6.75. The van der Waals surface area contributed by atoms with E-state index < -0.39 is 23.8 Å². The lowest BCUT2D eigenvalue weighted by atomic mass is 10.1. The highest BCUT2D eigenvalue weighted by atomic mass is 32.2. The number of anilines is 1. The molecule has 0 radical (unpaired) electrons. The standard InChI is InChI=1S/C27H26F3N5OS/c1-17-8-14-23(15-9-17)35-24(33-34-26(35)37-16-20-7-5-4-6-18(20)2)19(3)31-25(36)32-22-12-10-21(11-13-22)27(28,29)30/h4-15,19H,16H2,1-3H3,(H2,31,32,36)/t19-/m1/s1. The maximum absolute atomic E-state index is 12.8. The number of aromatic nitrogens is 3. The van der Waals surface area contributed by atoms with E-state index in [2.05, 4.69) is 39.9 Å². The van der Waals surface area contributed by atoms with E-state index in [1.165, 1.54) is 23.3 Å². The van der Waals surface area contributed by atoms with Crippen LogP contribution in [-0.4, -0.2) is 20.8 Å². The molecule has 2 N–H and O–H groups in total. The lowest BCUT2D eigenvalue weighted by Crippen LogP contribution is -2.32. The molecule has 0 saturated carbocycles. The van der Waals surface area contributed by atoms with Crippen molar-refractivity contribution in [3.05, 3.63) is 101 Å². The zero-order valence-corrected chi connectivity index (χ0v) is 21.3. The Morgan fingerprint density at radius 2 is 1.65 bits per heavy atom. The molecule has 10 heteroatoms. The van der Waals surface area contributed by atoms with Gasteiger partial charge in [-0.15, -0.1) is 10.2 Å². The molecule has 0 aliphatic carbocycles. The second-order valence-electron chi connectivity index (χ2n) is 8.62. The summed E-state index contributed by atoms with van der Waals surface area (Å²) in [6, 6.07) is 19.2. The quantitative estimate of drug-likeness (QED) is 0.253. The third-order valence-electron chi connectivity index (χ3n) is 5.77. The number of halogens is 3. The molecule has 2 amide bonds.